The van der Waals surface area contributed by atoms with Gasteiger partial charge in [-0.25, -0.2) is 4.98 Å². The summed E-state index contributed by atoms with van der Waals surface area (Å²) in [5.74, 6) is 0. The predicted molar refractivity (Wildman–Crippen MR) is 51.2 cm³/mol. The Hall–Kier alpha value is -1.35. The first kappa shape index (κ1) is 7.31. The van der Waals surface area contributed by atoms with Crippen LogP contribution in [0.2, 0.25) is 0 Å². The van der Waals surface area contributed by atoms with Gasteiger partial charge in [0.05, 0.1) is 22.6 Å². The van der Waals surface area contributed by atoms with E-state index in [2.05, 4.69) is 27.6 Å². The highest BCUT2D eigenvalue weighted by atomic mass is 32.1. The zero-order valence-corrected chi connectivity index (χ0v) is 7.01. The molecule has 0 aliphatic rings. The first-order chi connectivity index (χ1) is 5.90. The minimum absolute atomic E-state index is 0.615. The van der Waals surface area contributed by atoms with E-state index < -0.39 is 0 Å². The van der Waals surface area contributed by atoms with Crippen molar-refractivity contribution < 1.29 is 0 Å². The Morgan fingerprint density at radius 1 is 1.17 bits per heavy atom. The van der Waals surface area contributed by atoms with Crippen LogP contribution >= 0.6 is 12.2 Å². The molecule has 0 saturated carbocycles. The van der Waals surface area contributed by atoms with Gasteiger partial charge in [-0.1, -0.05) is 24.4 Å². The molecule has 0 aliphatic carbocycles. The maximum Gasteiger partial charge on any atom is 0.102 e. The summed E-state index contributed by atoms with van der Waals surface area (Å²) in [5, 5.41) is 2.53. The van der Waals surface area contributed by atoms with Gasteiger partial charge >= 0.3 is 0 Å². The van der Waals surface area contributed by atoms with E-state index in [4.69, 9.17) is 0 Å². The van der Waals surface area contributed by atoms with Crippen LogP contribution in [0.1, 0.15) is 5.69 Å². The molecule has 0 aliphatic heterocycles. The first-order valence-electron chi connectivity index (χ1n) is 3.50. The monoisotopic (exact) mass is 173 g/mol. The summed E-state index contributed by atoms with van der Waals surface area (Å²) in [5.41, 5.74) is 2.35. The Kier molecular flexibility index (Phi) is 1.80. The van der Waals surface area contributed by atoms with E-state index in [9.17, 15) is 0 Å². The Morgan fingerprint density at radius 2 is 1.92 bits per heavy atom. The zero-order chi connectivity index (χ0) is 8.39. The minimum atomic E-state index is 0.615. The van der Waals surface area contributed by atoms with Gasteiger partial charge in [-0.15, -0.1) is 0 Å². The second kappa shape index (κ2) is 2.95. The van der Waals surface area contributed by atoms with Gasteiger partial charge in [0.25, 0.3) is 0 Å². The molecule has 0 N–H and O–H groups in total. The van der Waals surface area contributed by atoms with Gasteiger partial charge in [0.2, 0.25) is 0 Å². The fraction of sp³-hybridized carbons (Fsp3) is 0. The van der Waals surface area contributed by atoms with Crippen LogP contribution < -0.4 is 0 Å². The zero-order valence-electron chi connectivity index (χ0n) is 6.19. The molecule has 0 bridgehead atoms. The fourth-order valence-electron chi connectivity index (χ4n) is 1.01. The lowest BCUT2D eigenvalue weighted by Crippen LogP contribution is -1.88. The van der Waals surface area contributed by atoms with Crippen LogP contribution in [0.3, 0.4) is 0 Å². The molecule has 0 spiro atoms. The summed E-state index contributed by atoms with van der Waals surface area (Å²) in [7, 11) is 0. The van der Waals surface area contributed by atoms with Gasteiger partial charge in [-0.05, 0) is 12.1 Å². The Labute approximate surface area is 75.3 Å². The van der Waals surface area contributed by atoms with E-state index >= 15 is 0 Å². The highest BCUT2D eigenvalue weighted by molar-refractivity contribution is 7.79. The molecule has 0 amide bonds. The van der Waals surface area contributed by atoms with Crippen molar-refractivity contribution >= 4 is 28.6 Å². The number of aromatic nitrogens is 2. The minimum Gasteiger partial charge on any atom is -0.252 e. The third-order valence-corrected chi connectivity index (χ3v) is 1.76. The molecule has 1 aromatic heterocycles. The van der Waals surface area contributed by atoms with Crippen molar-refractivity contribution in [1.29, 1.82) is 0 Å². The third kappa shape index (κ3) is 1.19. The SMILES string of the molecule is S=[C]c1cnc2ccccc2n1. The van der Waals surface area contributed by atoms with Gasteiger partial charge in [0.15, 0.2) is 0 Å². The first-order valence-corrected chi connectivity index (χ1v) is 3.91. The highest BCUT2D eigenvalue weighted by Gasteiger charge is 1.94. The number of fused-ring (bicyclic) bond motifs is 1. The van der Waals surface area contributed by atoms with Crippen molar-refractivity contribution in [3.05, 3.63) is 36.2 Å². The number of para-hydroxylation sites is 2. The average Bonchev–Trinajstić information content (AvgIpc) is 2.17. The van der Waals surface area contributed by atoms with Crippen molar-refractivity contribution in [1.82, 2.24) is 9.97 Å². The standard InChI is InChI=1S/C9H5N2S/c12-6-7-5-10-8-3-1-2-4-9(8)11-7/h1-5H. The quantitative estimate of drug-likeness (QED) is 0.615. The van der Waals surface area contributed by atoms with Gasteiger partial charge in [-0.3, -0.25) is 4.98 Å². The Bertz CT molecular complexity index is 426. The predicted octanol–water partition coefficient (Wildman–Crippen LogP) is 1.85. The van der Waals surface area contributed by atoms with E-state index in [1.165, 1.54) is 0 Å². The summed E-state index contributed by atoms with van der Waals surface area (Å²) in [4.78, 5) is 8.38. The third-order valence-electron chi connectivity index (χ3n) is 1.55. The van der Waals surface area contributed by atoms with Crippen LogP contribution in [0.25, 0.3) is 11.0 Å². The number of benzene rings is 1. The average molecular weight is 173 g/mol. The van der Waals surface area contributed by atoms with E-state index in [0.29, 0.717) is 5.69 Å². The van der Waals surface area contributed by atoms with Gasteiger partial charge in [-0.2, -0.15) is 0 Å². The lowest BCUT2D eigenvalue weighted by molar-refractivity contribution is 1.28. The molecule has 2 aromatic rings. The number of hydrogen-bond donors (Lipinski definition) is 0. The Balaban J connectivity index is 2.75. The van der Waals surface area contributed by atoms with Crippen molar-refractivity contribution in [2.24, 2.45) is 0 Å². The van der Waals surface area contributed by atoms with E-state index in [1.54, 1.807) is 6.20 Å². The van der Waals surface area contributed by atoms with Crippen LogP contribution in [0.5, 0.6) is 0 Å². The molecule has 57 valence electrons. The summed E-state index contributed by atoms with van der Waals surface area (Å²) < 4.78 is 0. The number of rotatable bonds is 1. The largest absolute Gasteiger partial charge is 0.252 e. The lowest BCUT2D eigenvalue weighted by atomic mass is 10.3. The summed E-state index contributed by atoms with van der Waals surface area (Å²) >= 11 is 4.63. The second-order valence-corrected chi connectivity index (χ2v) is 2.55. The topological polar surface area (TPSA) is 25.8 Å². The number of thiocarbonyl (C=S) groups is 1. The van der Waals surface area contributed by atoms with Crippen molar-refractivity contribution in [3.63, 3.8) is 0 Å². The summed E-state index contributed by atoms with van der Waals surface area (Å²) in [6, 6.07) is 7.66. The van der Waals surface area contributed by atoms with Crippen LogP contribution in [0, 0.1) is 0 Å². The van der Waals surface area contributed by atoms with Crippen LogP contribution in [-0.4, -0.2) is 15.3 Å². The van der Waals surface area contributed by atoms with Crippen LogP contribution in [-0.2, 0) is 0 Å². The van der Waals surface area contributed by atoms with Gasteiger partial charge < -0.3 is 0 Å². The molecule has 1 aromatic carbocycles. The van der Waals surface area contributed by atoms with Crippen molar-refractivity contribution in [2.75, 3.05) is 0 Å². The molecule has 1 heterocycles. The van der Waals surface area contributed by atoms with E-state index in [0.717, 1.165) is 11.0 Å². The number of hydrogen-bond acceptors (Lipinski definition) is 3. The molecule has 2 nitrogen and oxygen atoms in total. The maximum absolute atomic E-state index is 4.63. The summed E-state index contributed by atoms with van der Waals surface area (Å²) in [6.07, 6.45) is 1.62. The van der Waals surface area contributed by atoms with E-state index in [-0.39, 0.29) is 0 Å². The molecule has 0 atom stereocenters. The van der Waals surface area contributed by atoms with Crippen LogP contribution in [0.15, 0.2) is 30.5 Å². The lowest BCUT2D eigenvalue weighted by Gasteiger charge is -1.94. The molecule has 0 saturated heterocycles. The van der Waals surface area contributed by atoms with Crippen LogP contribution in [0.4, 0.5) is 0 Å². The molecule has 12 heavy (non-hydrogen) atoms. The molecule has 1 radical (unpaired) electrons. The smallest absolute Gasteiger partial charge is 0.102 e. The van der Waals surface area contributed by atoms with Crippen molar-refractivity contribution in [3.8, 4) is 0 Å². The van der Waals surface area contributed by atoms with Gasteiger partial charge in [0, 0.05) is 0 Å². The normalized spacial score (nSPS) is 10.0. The Morgan fingerprint density at radius 3 is 2.67 bits per heavy atom. The van der Waals surface area contributed by atoms with Crippen molar-refractivity contribution in [2.45, 2.75) is 0 Å². The molecule has 2 rings (SSSR count). The molecule has 0 fully saturated rings. The summed E-state index contributed by atoms with van der Waals surface area (Å²) in [6.45, 7) is 0. The van der Waals surface area contributed by atoms with E-state index in [1.807, 2.05) is 24.3 Å². The molecular formula is C9H5N2S. The molecule has 0 unspecified atom stereocenters. The molecule has 3 heteroatoms. The highest BCUT2D eigenvalue weighted by Crippen LogP contribution is 2.06. The second-order valence-electron chi connectivity index (χ2n) is 2.35. The molecular weight excluding hydrogens is 168 g/mol. The maximum atomic E-state index is 4.63. The van der Waals surface area contributed by atoms with Gasteiger partial charge in [0.1, 0.15) is 5.69 Å². The fourth-order valence-corrected chi connectivity index (χ4v) is 1.10. The number of nitrogens with zero attached hydrogens (tertiary/aromatic N) is 2.